The molecule has 0 atom stereocenters. The first-order valence-corrected chi connectivity index (χ1v) is 10.2. The molecule has 166 valence electrons. The Morgan fingerprint density at radius 3 is 2.53 bits per heavy atom. The number of morpholine rings is 1. The predicted octanol–water partition coefficient (Wildman–Crippen LogP) is 2.38. The van der Waals surface area contributed by atoms with Gasteiger partial charge in [0, 0.05) is 30.4 Å². The molecule has 1 aromatic heterocycles. The van der Waals surface area contributed by atoms with Crippen LogP contribution in [0.5, 0.6) is 17.2 Å². The predicted molar refractivity (Wildman–Crippen MR) is 116 cm³/mol. The van der Waals surface area contributed by atoms with Crippen LogP contribution < -0.4 is 10.1 Å². The minimum Gasteiger partial charge on any atom is -0.505 e. The topological polar surface area (TPSA) is 121 Å². The lowest BCUT2D eigenvalue weighted by atomic mass is 10.1. The third-order valence-corrected chi connectivity index (χ3v) is 5.10. The van der Waals surface area contributed by atoms with Gasteiger partial charge < -0.3 is 25.0 Å². The molecule has 1 aliphatic rings. The number of aliphatic carboxylic acids is 1. The molecule has 0 spiro atoms. The van der Waals surface area contributed by atoms with Gasteiger partial charge in [-0.3, -0.25) is 14.5 Å². The summed E-state index contributed by atoms with van der Waals surface area (Å²) in [5.41, 5.74) is 0.373. The van der Waals surface area contributed by atoms with Crippen molar-refractivity contribution in [2.75, 3.05) is 32.8 Å². The molecule has 2 heterocycles. The van der Waals surface area contributed by atoms with Crippen molar-refractivity contribution in [3.63, 3.8) is 0 Å². The third kappa shape index (κ3) is 4.96. The summed E-state index contributed by atoms with van der Waals surface area (Å²) >= 11 is 0. The highest BCUT2D eigenvalue weighted by molar-refractivity contribution is 6.03. The van der Waals surface area contributed by atoms with E-state index in [1.807, 2.05) is 30.3 Å². The second-order valence-corrected chi connectivity index (χ2v) is 7.34. The zero-order valence-electron chi connectivity index (χ0n) is 17.3. The maximum absolute atomic E-state index is 12.5. The Hall–Kier alpha value is -3.69. The van der Waals surface area contributed by atoms with Gasteiger partial charge in [0.15, 0.2) is 11.4 Å². The van der Waals surface area contributed by atoms with Crippen molar-refractivity contribution in [1.82, 2.24) is 15.2 Å². The Bertz CT molecular complexity index is 1130. The van der Waals surface area contributed by atoms with Crippen LogP contribution in [-0.2, 0) is 16.1 Å². The maximum Gasteiger partial charge on any atom is 0.322 e. The molecule has 9 heteroatoms. The Morgan fingerprint density at radius 2 is 1.81 bits per heavy atom. The molecule has 1 fully saturated rings. The van der Waals surface area contributed by atoms with E-state index in [1.54, 1.807) is 18.2 Å². The van der Waals surface area contributed by atoms with E-state index in [0.717, 1.165) is 0 Å². The molecule has 2 aromatic carbocycles. The smallest absolute Gasteiger partial charge is 0.322 e. The molecule has 0 bridgehead atoms. The summed E-state index contributed by atoms with van der Waals surface area (Å²) in [5, 5.41) is 22.9. The summed E-state index contributed by atoms with van der Waals surface area (Å²) in [5.74, 6) is -1.01. The first-order chi connectivity index (χ1) is 15.5. The van der Waals surface area contributed by atoms with Gasteiger partial charge in [-0.15, -0.1) is 0 Å². The molecule has 4 rings (SSSR count). The van der Waals surface area contributed by atoms with Crippen molar-refractivity contribution in [3.8, 4) is 17.2 Å². The molecular weight excluding hydrogens is 414 g/mol. The van der Waals surface area contributed by atoms with Gasteiger partial charge in [-0.05, 0) is 30.3 Å². The number of para-hydroxylation sites is 1. The van der Waals surface area contributed by atoms with Gasteiger partial charge in [0.1, 0.15) is 18.0 Å². The van der Waals surface area contributed by atoms with Crippen LogP contribution in [0.25, 0.3) is 10.8 Å². The number of ether oxygens (including phenoxy) is 2. The lowest BCUT2D eigenvalue weighted by Crippen LogP contribution is -2.36. The fraction of sp³-hybridized carbons (Fsp3) is 0.261. The molecule has 3 N–H and O–H groups in total. The summed E-state index contributed by atoms with van der Waals surface area (Å²) < 4.78 is 11.3. The SMILES string of the molecule is O=C(O)CNC(=O)c1nc(CN2CCOCC2)c2cc(Oc3ccccc3)ccc2c1O. The summed E-state index contributed by atoms with van der Waals surface area (Å²) in [4.78, 5) is 29.9. The average molecular weight is 437 g/mol. The molecule has 9 nitrogen and oxygen atoms in total. The summed E-state index contributed by atoms with van der Waals surface area (Å²) in [7, 11) is 0. The van der Waals surface area contributed by atoms with Gasteiger partial charge in [-0.2, -0.15) is 0 Å². The van der Waals surface area contributed by atoms with Gasteiger partial charge in [0.2, 0.25) is 0 Å². The number of nitrogens with zero attached hydrogens (tertiary/aromatic N) is 2. The molecule has 1 amide bonds. The van der Waals surface area contributed by atoms with Crippen LogP contribution in [-0.4, -0.2) is 64.8 Å². The second kappa shape index (κ2) is 9.63. The van der Waals surface area contributed by atoms with E-state index in [-0.39, 0.29) is 11.4 Å². The van der Waals surface area contributed by atoms with Gasteiger partial charge >= 0.3 is 5.97 Å². The highest BCUT2D eigenvalue weighted by atomic mass is 16.5. The van der Waals surface area contributed by atoms with Gasteiger partial charge in [0.25, 0.3) is 5.91 Å². The fourth-order valence-corrected chi connectivity index (χ4v) is 3.52. The Labute approximate surface area is 184 Å². The van der Waals surface area contributed by atoms with Crippen molar-refractivity contribution in [3.05, 3.63) is 59.9 Å². The molecule has 0 radical (unpaired) electrons. The van der Waals surface area contributed by atoms with Gasteiger partial charge in [-0.25, -0.2) is 4.98 Å². The number of carbonyl (C=O) groups is 2. The van der Waals surface area contributed by atoms with Crippen LogP contribution in [0.4, 0.5) is 0 Å². The van der Waals surface area contributed by atoms with E-state index in [0.29, 0.717) is 60.8 Å². The van der Waals surface area contributed by atoms with E-state index < -0.39 is 18.4 Å². The Kier molecular flexibility index (Phi) is 6.48. The van der Waals surface area contributed by atoms with Crippen LogP contribution in [0.2, 0.25) is 0 Å². The minimum atomic E-state index is -1.19. The van der Waals surface area contributed by atoms with Crippen LogP contribution in [0.1, 0.15) is 16.2 Å². The normalized spacial score (nSPS) is 14.2. The van der Waals surface area contributed by atoms with E-state index >= 15 is 0 Å². The largest absolute Gasteiger partial charge is 0.505 e. The third-order valence-electron chi connectivity index (χ3n) is 5.10. The van der Waals surface area contributed by atoms with Gasteiger partial charge in [-0.1, -0.05) is 18.2 Å². The van der Waals surface area contributed by atoms with E-state index in [9.17, 15) is 14.7 Å². The fourth-order valence-electron chi connectivity index (χ4n) is 3.52. The maximum atomic E-state index is 12.5. The number of carbonyl (C=O) groups excluding carboxylic acids is 1. The molecule has 0 aliphatic carbocycles. The highest BCUT2D eigenvalue weighted by Gasteiger charge is 2.22. The number of carboxylic acid groups (broad SMARTS) is 1. The molecule has 1 aliphatic heterocycles. The Balaban J connectivity index is 1.74. The first-order valence-electron chi connectivity index (χ1n) is 10.2. The molecule has 0 saturated carbocycles. The number of benzene rings is 2. The molecule has 32 heavy (non-hydrogen) atoms. The summed E-state index contributed by atoms with van der Waals surface area (Å²) in [6.07, 6.45) is 0. The van der Waals surface area contributed by atoms with Crippen LogP contribution in [0, 0.1) is 0 Å². The summed E-state index contributed by atoms with van der Waals surface area (Å²) in [6.45, 7) is 2.50. The molecule has 0 unspecified atom stereocenters. The van der Waals surface area contributed by atoms with E-state index in [1.165, 1.54) is 0 Å². The molecular formula is C23H23N3O6. The standard InChI is InChI=1S/C23H23N3O6/c27-20(28)13-24-23(30)21-22(29)17-7-6-16(32-15-4-2-1-3-5-15)12-18(17)19(25-21)14-26-8-10-31-11-9-26/h1-7,12,29H,8-11,13-14H2,(H,24,30)(H,27,28). The Morgan fingerprint density at radius 1 is 1.06 bits per heavy atom. The van der Waals surface area contributed by atoms with Crippen molar-refractivity contribution in [1.29, 1.82) is 0 Å². The second-order valence-electron chi connectivity index (χ2n) is 7.34. The van der Waals surface area contributed by atoms with E-state index in [2.05, 4.69) is 15.2 Å². The number of nitrogens with one attached hydrogen (secondary N) is 1. The highest BCUT2D eigenvalue weighted by Crippen LogP contribution is 2.34. The quantitative estimate of drug-likeness (QED) is 0.515. The lowest BCUT2D eigenvalue weighted by molar-refractivity contribution is -0.135. The summed E-state index contributed by atoms with van der Waals surface area (Å²) in [6, 6.07) is 14.5. The van der Waals surface area contributed by atoms with Crippen molar-refractivity contribution >= 4 is 22.6 Å². The monoisotopic (exact) mass is 437 g/mol. The zero-order chi connectivity index (χ0) is 22.5. The number of aromatic hydroxyl groups is 1. The van der Waals surface area contributed by atoms with Crippen molar-refractivity contribution in [2.45, 2.75) is 6.54 Å². The number of fused-ring (bicyclic) bond motifs is 1. The molecule has 3 aromatic rings. The average Bonchev–Trinajstić information content (AvgIpc) is 2.80. The molecule has 1 saturated heterocycles. The first kappa shape index (κ1) is 21.5. The lowest BCUT2D eigenvalue weighted by Gasteiger charge is -2.27. The number of hydrogen-bond acceptors (Lipinski definition) is 7. The number of amides is 1. The number of rotatable bonds is 7. The number of aromatic nitrogens is 1. The number of pyridine rings is 1. The van der Waals surface area contributed by atoms with Crippen molar-refractivity contribution in [2.24, 2.45) is 0 Å². The van der Waals surface area contributed by atoms with Gasteiger partial charge in [0.05, 0.1) is 18.9 Å². The van der Waals surface area contributed by atoms with Crippen LogP contribution >= 0.6 is 0 Å². The van der Waals surface area contributed by atoms with Crippen molar-refractivity contribution < 1.29 is 29.3 Å². The number of carboxylic acids is 1. The van der Waals surface area contributed by atoms with Crippen LogP contribution in [0.3, 0.4) is 0 Å². The van der Waals surface area contributed by atoms with Crippen LogP contribution in [0.15, 0.2) is 48.5 Å². The minimum absolute atomic E-state index is 0.210. The number of hydrogen-bond donors (Lipinski definition) is 3. The van der Waals surface area contributed by atoms with E-state index in [4.69, 9.17) is 14.6 Å². The zero-order valence-corrected chi connectivity index (χ0v) is 17.3.